The molecule has 0 atom stereocenters. The van der Waals surface area contributed by atoms with Gasteiger partial charge in [-0.15, -0.1) is 0 Å². The first-order valence-electron chi connectivity index (χ1n) is 6.10. The number of nitrogens with one attached hydrogen (secondary N) is 1. The summed E-state index contributed by atoms with van der Waals surface area (Å²) in [4.78, 5) is 11.1. The highest BCUT2D eigenvalue weighted by atomic mass is 16.5. The van der Waals surface area contributed by atoms with Crippen LogP contribution in [0.1, 0.15) is 16.8 Å². The Morgan fingerprint density at radius 1 is 1.10 bits per heavy atom. The number of aryl methyl sites for hydroxylation is 1. The number of nitrogens with zero attached hydrogens (tertiary/aromatic N) is 1. The average Bonchev–Trinajstić information content (AvgIpc) is 2.46. The fourth-order valence-electron chi connectivity index (χ4n) is 1.81. The molecule has 0 aliphatic carbocycles. The van der Waals surface area contributed by atoms with Crippen LogP contribution in [0.3, 0.4) is 0 Å². The summed E-state index contributed by atoms with van der Waals surface area (Å²) in [5, 5.41) is 6.41. The van der Waals surface area contributed by atoms with Crippen molar-refractivity contribution >= 4 is 12.2 Å². The molecule has 1 N–H and O–H groups in total. The van der Waals surface area contributed by atoms with Crippen molar-refractivity contribution in [2.75, 3.05) is 14.2 Å². The third-order valence-electron chi connectivity index (χ3n) is 2.88. The van der Waals surface area contributed by atoms with Crippen LogP contribution in [0.4, 0.5) is 0 Å². The molecule has 2 aromatic rings. The van der Waals surface area contributed by atoms with E-state index in [9.17, 15) is 4.79 Å². The van der Waals surface area contributed by atoms with Crippen LogP contribution in [0.25, 0.3) is 12.2 Å². The Bertz CT molecular complexity index is 690. The summed E-state index contributed by atoms with van der Waals surface area (Å²) >= 11 is 0. The van der Waals surface area contributed by atoms with Gasteiger partial charge in [0.1, 0.15) is 0 Å². The van der Waals surface area contributed by atoms with E-state index in [2.05, 4.69) is 10.2 Å². The first kappa shape index (κ1) is 13.9. The molecular weight excluding hydrogens is 256 g/mol. The Morgan fingerprint density at radius 3 is 2.50 bits per heavy atom. The highest BCUT2D eigenvalue weighted by Crippen LogP contribution is 2.28. The van der Waals surface area contributed by atoms with Crippen LogP contribution in [0.15, 0.2) is 29.1 Å². The lowest BCUT2D eigenvalue weighted by molar-refractivity contribution is 0.355. The second-order valence-corrected chi connectivity index (χ2v) is 4.25. The molecule has 1 aromatic carbocycles. The van der Waals surface area contributed by atoms with Gasteiger partial charge in [0.15, 0.2) is 11.5 Å². The molecule has 0 aliphatic rings. The molecule has 0 saturated heterocycles. The lowest BCUT2D eigenvalue weighted by Crippen LogP contribution is -2.08. The van der Waals surface area contributed by atoms with E-state index < -0.39 is 0 Å². The van der Waals surface area contributed by atoms with Crippen molar-refractivity contribution in [1.82, 2.24) is 10.2 Å². The Labute approximate surface area is 116 Å². The van der Waals surface area contributed by atoms with Crippen molar-refractivity contribution < 1.29 is 9.47 Å². The van der Waals surface area contributed by atoms with Crippen LogP contribution in [0, 0.1) is 6.92 Å². The number of rotatable bonds is 4. The largest absolute Gasteiger partial charge is 0.493 e. The summed E-state index contributed by atoms with van der Waals surface area (Å²) in [6, 6.07) is 7.14. The minimum atomic E-state index is -0.203. The van der Waals surface area contributed by atoms with Gasteiger partial charge >= 0.3 is 0 Å². The number of methoxy groups -OCH3 is 2. The van der Waals surface area contributed by atoms with Crippen LogP contribution in [-0.4, -0.2) is 24.4 Å². The Morgan fingerprint density at radius 2 is 1.85 bits per heavy atom. The molecule has 2 rings (SSSR count). The molecule has 0 saturated carbocycles. The minimum absolute atomic E-state index is 0.203. The van der Waals surface area contributed by atoms with E-state index in [0.717, 1.165) is 16.8 Å². The third kappa shape index (κ3) is 3.06. The molecule has 0 unspecified atom stereocenters. The highest BCUT2D eigenvalue weighted by molar-refractivity contribution is 5.70. The monoisotopic (exact) mass is 272 g/mol. The molecule has 0 fully saturated rings. The van der Waals surface area contributed by atoms with Crippen LogP contribution in [0.2, 0.25) is 0 Å². The molecule has 20 heavy (non-hydrogen) atoms. The second kappa shape index (κ2) is 6.06. The first-order valence-corrected chi connectivity index (χ1v) is 6.10. The number of H-pyrrole nitrogens is 1. The van der Waals surface area contributed by atoms with Crippen LogP contribution < -0.4 is 15.0 Å². The molecule has 5 nitrogen and oxygen atoms in total. The predicted octanol–water partition coefficient (Wildman–Crippen LogP) is 2.27. The van der Waals surface area contributed by atoms with E-state index in [1.165, 1.54) is 6.07 Å². The number of hydrogen-bond donors (Lipinski definition) is 1. The highest BCUT2D eigenvalue weighted by Gasteiger charge is 2.03. The Hall–Kier alpha value is -2.56. The fraction of sp³-hybridized carbons (Fsp3) is 0.200. The fourth-order valence-corrected chi connectivity index (χ4v) is 1.81. The maximum Gasteiger partial charge on any atom is 0.264 e. The zero-order valence-corrected chi connectivity index (χ0v) is 11.6. The van der Waals surface area contributed by atoms with Gasteiger partial charge in [-0.25, -0.2) is 5.10 Å². The van der Waals surface area contributed by atoms with E-state index in [0.29, 0.717) is 11.5 Å². The van der Waals surface area contributed by atoms with E-state index in [1.54, 1.807) is 14.2 Å². The summed E-state index contributed by atoms with van der Waals surface area (Å²) in [6.45, 7) is 1.84. The van der Waals surface area contributed by atoms with Crippen molar-refractivity contribution in [2.45, 2.75) is 6.92 Å². The summed E-state index contributed by atoms with van der Waals surface area (Å²) in [5.74, 6) is 1.35. The van der Waals surface area contributed by atoms with Crippen LogP contribution >= 0.6 is 0 Å². The Balaban J connectivity index is 2.29. The van der Waals surface area contributed by atoms with Crippen molar-refractivity contribution in [3.8, 4) is 11.5 Å². The number of aromatic amines is 1. The number of hydrogen-bond acceptors (Lipinski definition) is 4. The molecule has 104 valence electrons. The number of ether oxygens (including phenoxy) is 2. The lowest BCUT2D eigenvalue weighted by atomic mass is 10.1. The Kier molecular flexibility index (Phi) is 4.20. The number of benzene rings is 1. The second-order valence-electron chi connectivity index (χ2n) is 4.25. The van der Waals surface area contributed by atoms with Crippen molar-refractivity contribution in [3.05, 3.63) is 51.4 Å². The maximum atomic E-state index is 11.1. The predicted molar refractivity (Wildman–Crippen MR) is 78.1 cm³/mol. The van der Waals surface area contributed by atoms with Crippen LogP contribution in [0.5, 0.6) is 11.5 Å². The smallest absolute Gasteiger partial charge is 0.264 e. The van der Waals surface area contributed by atoms with E-state index in [-0.39, 0.29) is 5.56 Å². The molecular formula is C15H16N2O3. The van der Waals surface area contributed by atoms with E-state index in [1.807, 2.05) is 37.3 Å². The van der Waals surface area contributed by atoms with Gasteiger partial charge < -0.3 is 9.47 Å². The zero-order valence-electron chi connectivity index (χ0n) is 11.6. The molecule has 0 aliphatic heterocycles. The third-order valence-corrected chi connectivity index (χ3v) is 2.88. The zero-order chi connectivity index (χ0) is 14.5. The minimum Gasteiger partial charge on any atom is -0.493 e. The molecule has 1 heterocycles. The number of aromatic nitrogens is 2. The summed E-state index contributed by atoms with van der Waals surface area (Å²) in [7, 11) is 3.19. The van der Waals surface area contributed by atoms with Gasteiger partial charge in [0.2, 0.25) is 0 Å². The van der Waals surface area contributed by atoms with Gasteiger partial charge in [0, 0.05) is 6.07 Å². The van der Waals surface area contributed by atoms with Gasteiger partial charge in [-0.3, -0.25) is 4.79 Å². The summed E-state index contributed by atoms with van der Waals surface area (Å²) in [5.41, 5.74) is 2.30. The maximum absolute atomic E-state index is 11.1. The molecule has 0 spiro atoms. The average molecular weight is 272 g/mol. The van der Waals surface area contributed by atoms with Crippen LogP contribution in [-0.2, 0) is 0 Å². The standard InChI is InChI=1S/C15H16N2O3/c1-10-8-15(18)17-16-12(10)6-4-11-5-7-13(19-2)14(9-11)20-3/h4-9H,1-3H3,(H,17,18). The van der Waals surface area contributed by atoms with Crippen molar-refractivity contribution in [2.24, 2.45) is 0 Å². The summed E-state index contributed by atoms with van der Waals surface area (Å²) < 4.78 is 10.4. The normalized spacial score (nSPS) is 10.8. The first-order chi connectivity index (χ1) is 9.63. The van der Waals surface area contributed by atoms with E-state index >= 15 is 0 Å². The SMILES string of the molecule is COc1ccc(C=Cc2n[nH]c(=O)cc2C)cc1OC. The molecule has 0 amide bonds. The lowest BCUT2D eigenvalue weighted by Gasteiger charge is -2.07. The topological polar surface area (TPSA) is 64.2 Å². The molecule has 5 heteroatoms. The van der Waals surface area contributed by atoms with Crippen molar-refractivity contribution in [1.29, 1.82) is 0 Å². The van der Waals surface area contributed by atoms with Gasteiger partial charge in [-0.2, -0.15) is 5.10 Å². The van der Waals surface area contributed by atoms with E-state index in [4.69, 9.17) is 9.47 Å². The van der Waals surface area contributed by atoms with Gasteiger partial charge in [-0.1, -0.05) is 12.1 Å². The van der Waals surface area contributed by atoms with Crippen molar-refractivity contribution in [3.63, 3.8) is 0 Å². The molecule has 0 radical (unpaired) electrons. The van der Waals surface area contributed by atoms with Gasteiger partial charge in [0.05, 0.1) is 19.9 Å². The van der Waals surface area contributed by atoms with Gasteiger partial charge in [-0.05, 0) is 36.3 Å². The quantitative estimate of drug-likeness (QED) is 0.927. The molecule has 1 aromatic heterocycles. The van der Waals surface area contributed by atoms with Gasteiger partial charge in [0.25, 0.3) is 5.56 Å². The summed E-state index contributed by atoms with van der Waals surface area (Å²) in [6.07, 6.45) is 3.74. The molecule has 0 bridgehead atoms.